The van der Waals surface area contributed by atoms with Crippen molar-refractivity contribution in [2.45, 2.75) is 44.8 Å². The Morgan fingerprint density at radius 2 is 2.28 bits per heavy atom. The van der Waals surface area contributed by atoms with E-state index in [2.05, 4.69) is 39.3 Å². The number of aromatic nitrogens is 1. The second-order valence-electron chi connectivity index (χ2n) is 8.33. The summed E-state index contributed by atoms with van der Waals surface area (Å²) < 4.78 is 11.3. The quantitative estimate of drug-likeness (QED) is 0.358. The van der Waals surface area contributed by atoms with Crippen LogP contribution in [-0.2, 0) is 20.7 Å². The number of H-pyrrole nitrogens is 1. The van der Waals surface area contributed by atoms with Crippen molar-refractivity contribution in [2.75, 3.05) is 26.3 Å². The van der Waals surface area contributed by atoms with Gasteiger partial charge in [0, 0.05) is 48.1 Å². The molecule has 7 nitrogen and oxygen atoms in total. The van der Waals surface area contributed by atoms with Gasteiger partial charge < -0.3 is 19.7 Å². The molecule has 2 N–H and O–H groups in total. The van der Waals surface area contributed by atoms with Crippen LogP contribution in [0.15, 0.2) is 29.4 Å². The van der Waals surface area contributed by atoms with Crippen LogP contribution < -0.4 is 0 Å². The highest BCUT2D eigenvalue weighted by atomic mass is 16.5. The predicted octanol–water partition coefficient (Wildman–Crippen LogP) is 3.03. The Labute approximate surface area is 169 Å². The second-order valence-corrected chi connectivity index (χ2v) is 8.33. The molecule has 3 aliphatic heterocycles. The van der Waals surface area contributed by atoms with E-state index in [1.54, 1.807) is 6.92 Å². The van der Waals surface area contributed by atoms with Gasteiger partial charge in [0.1, 0.15) is 0 Å². The van der Waals surface area contributed by atoms with Crippen LogP contribution in [0.1, 0.15) is 43.5 Å². The minimum Gasteiger partial charge on any atom is -0.461 e. The Bertz CT molecular complexity index is 968. The summed E-state index contributed by atoms with van der Waals surface area (Å²) in [4.78, 5) is 18.6. The van der Waals surface area contributed by atoms with Crippen molar-refractivity contribution >= 4 is 22.6 Å². The summed E-state index contributed by atoms with van der Waals surface area (Å²) in [5.41, 5.74) is 3.52. The number of hydrogen-bond acceptors (Lipinski definition) is 6. The molecule has 2 saturated heterocycles. The van der Waals surface area contributed by atoms with Crippen molar-refractivity contribution in [1.29, 1.82) is 0 Å². The third kappa shape index (κ3) is 2.79. The Morgan fingerprint density at radius 3 is 3.10 bits per heavy atom. The van der Waals surface area contributed by atoms with Crippen molar-refractivity contribution in [2.24, 2.45) is 10.6 Å². The molecule has 0 bridgehead atoms. The molecule has 7 heteroatoms. The molecule has 0 amide bonds. The first-order chi connectivity index (χ1) is 14.2. The number of piperidine rings is 1. The van der Waals surface area contributed by atoms with Gasteiger partial charge in [-0.05, 0) is 37.8 Å². The number of nitrogens with one attached hydrogen (secondary N) is 1. The van der Waals surface area contributed by atoms with Gasteiger partial charge in [0.15, 0.2) is 5.71 Å². The topological polar surface area (TPSA) is 87.2 Å². The Hall–Kier alpha value is -2.38. The van der Waals surface area contributed by atoms with E-state index in [9.17, 15) is 10.0 Å². The summed E-state index contributed by atoms with van der Waals surface area (Å²) in [6, 6.07) is 8.54. The number of benzene rings is 1. The molecule has 0 saturated carbocycles. The van der Waals surface area contributed by atoms with Crippen LogP contribution in [0.25, 0.3) is 10.9 Å². The first kappa shape index (κ1) is 18.6. The van der Waals surface area contributed by atoms with Crippen LogP contribution in [0.4, 0.5) is 0 Å². The largest absolute Gasteiger partial charge is 0.461 e. The van der Waals surface area contributed by atoms with Crippen LogP contribution in [0.3, 0.4) is 0 Å². The number of rotatable bonds is 4. The third-order valence-electron chi connectivity index (χ3n) is 7.01. The number of fused-ring (bicyclic) bond motifs is 7. The lowest BCUT2D eigenvalue weighted by molar-refractivity contribution is -0.135. The summed E-state index contributed by atoms with van der Waals surface area (Å²) in [5.74, 6) is -0.542. The van der Waals surface area contributed by atoms with Gasteiger partial charge in [-0.1, -0.05) is 23.4 Å². The molecule has 29 heavy (non-hydrogen) atoms. The number of oxime groups is 1. The Balaban J connectivity index is 1.61. The monoisotopic (exact) mass is 397 g/mol. The minimum absolute atomic E-state index is 0.0345. The summed E-state index contributed by atoms with van der Waals surface area (Å²) in [5, 5.41) is 14.2. The molecule has 154 valence electrons. The highest BCUT2D eigenvalue weighted by Crippen LogP contribution is 2.57. The van der Waals surface area contributed by atoms with E-state index in [1.807, 2.05) is 0 Å². The zero-order chi connectivity index (χ0) is 20.0. The van der Waals surface area contributed by atoms with E-state index in [4.69, 9.17) is 9.47 Å². The van der Waals surface area contributed by atoms with Crippen LogP contribution in [0.5, 0.6) is 0 Å². The highest BCUT2D eigenvalue weighted by molar-refractivity contribution is 6.36. The van der Waals surface area contributed by atoms with Gasteiger partial charge in [0.2, 0.25) is 0 Å². The smallest absolute Gasteiger partial charge is 0.356 e. The SMILES string of the molecule is CCOC(=O)C(C[C@]12CCO[C@H]1CCN1CCc3c([nH]c4ccccc34)[C@@H]12)=NO. The van der Waals surface area contributed by atoms with Crippen LogP contribution in [0, 0.1) is 5.41 Å². The van der Waals surface area contributed by atoms with E-state index in [0.29, 0.717) is 13.0 Å². The molecule has 0 radical (unpaired) electrons. The highest BCUT2D eigenvalue weighted by Gasteiger charge is 2.57. The summed E-state index contributed by atoms with van der Waals surface area (Å²) >= 11 is 0. The summed E-state index contributed by atoms with van der Waals surface area (Å²) in [7, 11) is 0. The van der Waals surface area contributed by atoms with Gasteiger partial charge in [-0.15, -0.1) is 0 Å². The number of esters is 1. The van der Waals surface area contributed by atoms with E-state index < -0.39 is 5.97 Å². The van der Waals surface area contributed by atoms with Crippen molar-refractivity contribution < 1.29 is 19.5 Å². The van der Waals surface area contributed by atoms with Crippen molar-refractivity contribution in [3.8, 4) is 0 Å². The van der Waals surface area contributed by atoms with E-state index >= 15 is 0 Å². The first-order valence-electron chi connectivity index (χ1n) is 10.5. The molecule has 0 spiro atoms. The van der Waals surface area contributed by atoms with Gasteiger partial charge in [-0.2, -0.15) is 0 Å². The summed E-state index contributed by atoms with van der Waals surface area (Å²) in [6.45, 7) is 4.63. The van der Waals surface area contributed by atoms with Crippen LogP contribution >= 0.6 is 0 Å². The van der Waals surface area contributed by atoms with Crippen molar-refractivity contribution in [1.82, 2.24) is 9.88 Å². The molecule has 2 aromatic rings. The maximum absolute atomic E-state index is 12.4. The molecule has 1 aromatic carbocycles. The first-order valence-corrected chi connectivity index (χ1v) is 10.5. The maximum atomic E-state index is 12.4. The van der Waals surface area contributed by atoms with Crippen LogP contribution in [0.2, 0.25) is 0 Å². The molecule has 3 atom stereocenters. The fourth-order valence-corrected chi connectivity index (χ4v) is 5.84. The van der Waals surface area contributed by atoms with Gasteiger partial charge in [-0.3, -0.25) is 4.90 Å². The van der Waals surface area contributed by atoms with Gasteiger partial charge >= 0.3 is 5.97 Å². The average molecular weight is 397 g/mol. The second kappa shape index (κ2) is 7.15. The molecule has 0 unspecified atom stereocenters. The Morgan fingerprint density at radius 1 is 1.41 bits per heavy atom. The molecular formula is C22H27N3O4. The summed E-state index contributed by atoms with van der Waals surface area (Å²) in [6.07, 6.45) is 3.14. The standard InChI is InChI=1S/C22H27N3O4/c1-2-28-21(26)17(24-27)13-22-9-12-29-18(22)8-11-25-10-7-15-14-5-3-4-6-16(14)23-19(15)20(22)25/h3-6,18,20,23,27H,2,7-13H2,1H3/t18-,20+,22+/m0/s1. The number of carbonyl (C=O) groups is 1. The zero-order valence-electron chi connectivity index (χ0n) is 16.7. The molecule has 0 aliphatic carbocycles. The third-order valence-corrected chi connectivity index (χ3v) is 7.01. The fraction of sp³-hybridized carbons (Fsp3) is 0.545. The van der Waals surface area contributed by atoms with E-state index in [1.165, 1.54) is 16.6 Å². The number of carbonyl (C=O) groups excluding carboxylic acids is 1. The van der Waals surface area contributed by atoms with E-state index in [-0.39, 0.29) is 29.9 Å². The average Bonchev–Trinajstić information content (AvgIpc) is 3.33. The molecule has 1 aromatic heterocycles. The predicted molar refractivity (Wildman–Crippen MR) is 108 cm³/mol. The molecular weight excluding hydrogens is 370 g/mol. The minimum atomic E-state index is -0.542. The van der Waals surface area contributed by atoms with Gasteiger partial charge in [-0.25, -0.2) is 4.79 Å². The number of aromatic amines is 1. The fourth-order valence-electron chi connectivity index (χ4n) is 5.84. The normalized spacial score (nSPS) is 29.3. The lowest BCUT2D eigenvalue weighted by atomic mass is 9.64. The number of para-hydroxylation sites is 1. The molecule has 4 heterocycles. The van der Waals surface area contributed by atoms with E-state index in [0.717, 1.165) is 37.9 Å². The maximum Gasteiger partial charge on any atom is 0.356 e. The van der Waals surface area contributed by atoms with Crippen molar-refractivity contribution in [3.63, 3.8) is 0 Å². The number of ether oxygens (including phenoxy) is 2. The van der Waals surface area contributed by atoms with Crippen molar-refractivity contribution in [3.05, 3.63) is 35.5 Å². The van der Waals surface area contributed by atoms with Gasteiger partial charge in [0.05, 0.1) is 18.8 Å². The zero-order valence-corrected chi connectivity index (χ0v) is 16.7. The molecule has 3 aliphatic rings. The van der Waals surface area contributed by atoms with Crippen LogP contribution in [-0.4, -0.2) is 59.2 Å². The lowest BCUT2D eigenvalue weighted by Crippen LogP contribution is -2.55. The number of nitrogens with zero attached hydrogens (tertiary/aromatic N) is 2. The lowest BCUT2D eigenvalue weighted by Gasteiger charge is -2.52. The molecule has 2 fully saturated rings. The number of hydrogen-bond donors (Lipinski definition) is 2. The van der Waals surface area contributed by atoms with Gasteiger partial charge in [0.25, 0.3) is 0 Å². The Kier molecular flexibility index (Phi) is 4.59. The molecule has 5 rings (SSSR count).